The zero-order valence-electron chi connectivity index (χ0n) is 14.1. The van der Waals surface area contributed by atoms with Crippen LogP contribution < -0.4 is 10.0 Å². The van der Waals surface area contributed by atoms with Gasteiger partial charge in [-0.3, -0.25) is 9.52 Å². The Morgan fingerprint density at radius 2 is 1.54 bits per heavy atom. The first kappa shape index (κ1) is 20.0. The maximum absolute atomic E-state index is 13.3. The Morgan fingerprint density at radius 1 is 0.893 bits per heavy atom. The van der Waals surface area contributed by atoms with Gasteiger partial charge in [-0.15, -0.1) is 0 Å². The van der Waals surface area contributed by atoms with Crippen molar-refractivity contribution in [1.29, 1.82) is 0 Å². The second-order valence-corrected chi connectivity index (χ2v) is 8.32. The van der Waals surface area contributed by atoms with Crippen LogP contribution in [-0.2, 0) is 10.0 Å². The lowest BCUT2D eigenvalue weighted by molar-refractivity contribution is 0.102. The van der Waals surface area contributed by atoms with Gasteiger partial charge in [0.25, 0.3) is 15.9 Å². The summed E-state index contributed by atoms with van der Waals surface area (Å²) in [4.78, 5) is 12.6. The van der Waals surface area contributed by atoms with Crippen molar-refractivity contribution in [2.75, 3.05) is 10.0 Å². The molecule has 0 atom stereocenters. The largest absolute Gasteiger partial charge is 0.322 e. The Hall–Kier alpha value is -2.78. The summed E-state index contributed by atoms with van der Waals surface area (Å²) in [5.74, 6) is -2.44. The Kier molecular flexibility index (Phi) is 5.76. The molecule has 3 rings (SSSR count). The second kappa shape index (κ2) is 8.07. The molecule has 9 heteroatoms. The van der Waals surface area contributed by atoms with Gasteiger partial charge in [0.1, 0.15) is 11.6 Å². The molecule has 28 heavy (non-hydrogen) atoms. The van der Waals surface area contributed by atoms with Gasteiger partial charge in [-0.25, -0.2) is 17.2 Å². The predicted octanol–water partition coefficient (Wildman–Crippen LogP) is 4.78. The van der Waals surface area contributed by atoms with E-state index in [4.69, 9.17) is 0 Å². The lowest BCUT2D eigenvalue weighted by Gasteiger charge is -2.13. The highest BCUT2D eigenvalue weighted by Crippen LogP contribution is 2.25. The van der Waals surface area contributed by atoms with Gasteiger partial charge in [0.15, 0.2) is 0 Å². The van der Waals surface area contributed by atoms with E-state index in [1.165, 1.54) is 24.3 Å². The number of hydrogen-bond acceptors (Lipinski definition) is 3. The van der Waals surface area contributed by atoms with Crippen molar-refractivity contribution in [3.05, 3.63) is 88.4 Å². The SMILES string of the molecule is O=C(Nc1cc(F)cc(F)c1)c1cc(Br)ccc1NS(=O)(=O)c1ccccc1. The smallest absolute Gasteiger partial charge is 0.261 e. The standard InChI is InChI=1S/C19H13BrF2N2O3S/c20-12-6-7-18(24-28(26,27)16-4-2-1-3-5-16)17(8-12)19(25)23-15-10-13(21)9-14(22)11-15/h1-11,24H,(H,23,25). The van der Waals surface area contributed by atoms with E-state index in [-0.39, 0.29) is 21.8 Å². The van der Waals surface area contributed by atoms with Crippen LogP contribution in [0.4, 0.5) is 20.2 Å². The number of hydrogen-bond donors (Lipinski definition) is 2. The minimum absolute atomic E-state index is 0.0152. The molecular formula is C19H13BrF2N2O3S. The van der Waals surface area contributed by atoms with Gasteiger partial charge in [0.2, 0.25) is 0 Å². The van der Waals surface area contributed by atoms with E-state index in [0.29, 0.717) is 10.5 Å². The number of carbonyl (C=O) groups excluding carboxylic acids is 1. The fourth-order valence-electron chi connectivity index (χ4n) is 2.42. The van der Waals surface area contributed by atoms with Gasteiger partial charge >= 0.3 is 0 Å². The highest BCUT2D eigenvalue weighted by Gasteiger charge is 2.19. The highest BCUT2D eigenvalue weighted by molar-refractivity contribution is 9.10. The molecule has 144 valence electrons. The third-order valence-corrected chi connectivity index (χ3v) is 5.52. The molecule has 0 radical (unpaired) electrons. The van der Waals surface area contributed by atoms with Gasteiger partial charge in [0, 0.05) is 16.2 Å². The number of amides is 1. The van der Waals surface area contributed by atoms with E-state index in [9.17, 15) is 22.0 Å². The van der Waals surface area contributed by atoms with Gasteiger partial charge in [-0.2, -0.15) is 0 Å². The van der Waals surface area contributed by atoms with Crippen molar-refractivity contribution in [3.63, 3.8) is 0 Å². The van der Waals surface area contributed by atoms with Gasteiger partial charge in [-0.05, 0) is 42.5 Å². The number of halogens is 3. The maximum atomic E-state index is 13.3. The molecule has 0 aliphatic rings. The van der Waals surface area contributed by atoms with Crippen LogP contribution in [0, 0.1) is 11.6 Å². The summed E-state index contributed by atoms with van der Waals surface area (Å²) in [6, 6.07) is 14.6. The Morgan fingerprint density at radius 3 is 2.18 bits per heavy atom. The van der Waals surface area contributed by atoms with E-state index in [0.717, 1.165) is 12.1 Å². The summed E-state index contributed by atoms with van der Waals surface area (Å²) in [5.41, 5.74) is -0.112. The minimum Gasteiger partial charge on any atom is -0.322 e. The Balaban J connectivity index is 1.93. The molecule has 0 aliphatic carbocycles. The fourth-order valence-corrected chi connectivity index (χ4v) is 3.88. The normalized spacial score (nSPS) is 11.1. The molecule has 0 saturated carbocycles. The van der Waals surface area contributed by atoms with Crippen LogP contribution in [0.15, 0.2) is 76.1 Å². The number of benzene rings is 3. The molecule has 0 spiro atoms. The van der Waals surface area contributed by atoms with Crippen LogP contribution in [0.5, 0.6) is 0 Å². The van der Waals surface area contributed by atoms with Crippen LogP contribution in [-0.4, -0.2) is 14.3 Å². The average molecular weight is 467 g/mol. The lowest BCUT2D eigenvalue weighted by Crippen LogP contribution is -2.19. The van der Waals surface area contributed by atoms with Crippen molar-refractivity contribution < 1.29 is 22.0 Å². The number of sulfonamides is 1. The number of carbonyl (C=O) groups is 1. The van der Waals surface area contributed by atoms with Crippen LogP contribution in [0.25, 0.3) is 0 Å². The first-order chi connectivity index (χ1) is 13.2. The molecule has 2 N–H and O–H groups in total. The zero-order valence-corrected chi connectivity index (χ0v) is 16.5. The molecule has 3 aromatic rings. The summed E-state index contributed by atoms with van der Waals surface area (Å²) in [6.45, 7) is 0. The summed E-state index contributed by atoms with van der Waals surface area (Å²) in [5, 5.41) is 2.36. The van der Waals surface area contributed by atoms with E-state index in [1.54, 1.807) is 24.3 Å². The Labute approximate surface area is 168 Å². The van der Waals surface area contributed by atoms with E-state index in [2.05, 4.69) is 26.0 Å². The fraction of sp³-hybridized carbons (Fsp3) is 0. The van der Waals surface area contributed by atoms with Crippen molar-refractivity contribution in [1.82, 2.24) is 0 Å². The third-order valence-electron chi connectivity index (χ3n) is 3.64. The van der Waals surface area contributed by atoms with Crippen LogP contribution in [0.1, 0.15) is 10.4 Å². The maximum Gasteiger partial charge on any atom is 0.261 e. The first-order valence-electron chi connectivity index (χ1n) is 7.89. The summed E-state index contributed by atoms with van der Waals surface area (Å²) in [7, 11) is -3.93. The summed E-state index contributed by atoms with van der Waals surface area (Å²) in [6.07, 6.45) is 0. The quantitative estimate of drug-likeness (QED) is 0.567. The summed E-state index contributed by atoms with van der Waals surface area (Å²) < 4.78 is 54.7. The van der Waals surface area contributed by atoms with Crippen molar-refractivity contribution in [2.24, 2.45) is 0 Å². The highest BCUT2D eigenvalue weighted by atomic mass is 79.9. The van der Waals surface area contributed by atoms with E-state index >= 15 is 0 Å². The molecule has 0 aromatic heterocycles. The Bertz CT molecular complexity index is 1120. The van der Waals surface area contributed by atoms with Crippen LogP contribution >= 0.6 is 15.9 Å². The van der Waals surface area contributed by atoms with E-state index in [1.807, 2.05) is 0 Å². The molecule has 0 unspecified atom stereocenters. The number of nitrogens with one attached hydrogen (secondary N) is 2. The minimum atomic E-state index is -3.93. The molecule has 0 aliphatic heterocycles. The summed E-state index contributed by atoms with van der Waals surface area (Å²) >= 11 is 3.22. The first-order valence-corrected chi connectivity index (χ1v) is 10.2. The van der Waals surface area contributed by atoms with Gasteiger partial charge < -0.3 is 5.32 Å². The van der Waals surface area contributed by atoms with E-state index < -0.39 is 27.6 Å². The molecule has 0 saturated heterocycles. The predicted molar refractivity (Wildman–Crippen MR) is 106 cm³/mol. The van der Waals surface area contributed by atoms with Crippen molar-refractivity contribution in [2.45, 2.75) is 4.90 Å². The molecule has 0 fully saturated rings. The molecule has 5 nitrogen and oxygen atoms in total. The zero-order chi connectivity index (χ0) is 20.3. The molecule has 3 aromatic carbocycles. The monoisotopic (exact) mass is 466 g/mol. The number of anilines is 2. The van der Waals surface area contributed by atoms with Crippen molar-refractivity contribution in [3.8, 4) is 0 Å². The topological polar surface area (TPSA) is 75.3 Å². The molecule has 1 amide bonds. The molecule has 0 bridgehead atoms. The average Bonchev–Trinajstić information content (AvgIpc) is 2.63. The second-order valence-electron chi connectivity index (χ2n) is 5.72. The van der Waals surface area contributed by atoms with Gasteiger partial charge in [0.05, 0.1) is 16.1 Å². The number of rotatable bonds is 5. The van der Waals surface area contributed by atoms with Crippen molar-refractivity contribution >= 4 is 43.2 Å². The third kappa shape index (κ3) is 4.73. The molecule has 0 heterocycles. The molecular weight excluding hydrogens is 454 g/mol. The van der Waals surface area contributed by atoms with Crippen LogP contribution in [0.2, 0.25) is 0 Å². The lowest BCUT2D eigenvalue weighted by atomic mass is 10.1. The van der Waals surface area contributed by atoms with Gasteiger partial charge in [-0.1, -0.05) is 34.1 Å². The van der Waals surface area contributed by atoms with Crippen LogP contribution in [0.3, 0.4) is 0 Å².